The van der Waals surface area contributed by atoms with Gasteiger partial charge in [0.15, 0.2) is 0 Å². The summed E-state index contributed by atoms with van der Waals surface area (Å²) in [5, 5.41) is 9.45. The number of hydrogen-bond donors (Lipinski definition) is 1. The van der Waals surface area contributed by atoms with Crippen molar-refractivity contribution in [2.75, 3.05) is 6.54 Å². The molecule has 148 valence electrons. The third-order valence-electron chi connectivity index (χ3n) is 3.71. The highest BCUT2D eigenvalue weighted by Crippen LogP contribution is 2.32. The number of halogens is 2. The Bertz CT molecular complexity index is 1050. The van der Waals surface area contributed by atoms with Crippen molar-refractivity contribution in [3.05, 3.63) is 68.5 Å². The zero-order valence-corrected chi connectivity index (χ0v) is 17.6. The third kappa shape index (κ3) is 5.16. The Morgan fingerprint density at radius 3 is 2.48 bits per heavy atom. The predicted molar refractivity (Wildman–Crippen MR) is 115 cm³/mol. The molecule has 2 aromatic carbocycles. The van der Waals surface area contributed by atoms with Gasteiger partial charge < -0.3 is 9.84 Å². The van der Waals surface area contributed by atoms with Crippen molar-refractivity contribution in [1.82, 2.24) is 4.90 Å². The van der Waals surface area contributed by atoms with Crippen LogP contribution < -0.4 is 4.74 Å². The van der Waals surface area contributed by atoms with Gasteiger partial charge in [0.25, 0.3) is 5.91 Å². The lowest BCUT2D eigenvalue weighted by Crippen LogP contribution is -2.33. The van der Waals surface area contributed by atoms with Gasteiger partial charge in [0.05, 0.1) is 15.5 Å². The maximum absolute atomic E-state index is 12.3. The molecule has 0 spiro atoms. The highest BCUT2D eigenvalue weighted by Gasteiger charge is 2.33. The standard InChI is InChI=1S/C19H11Cl2NO5S2/c20-11-3-6-13(14(21)8-11)18(26)27-12-4-1-10(2-5-12)7-15-17(25)22(9-16(23)24)19(28)29-15/h1-8H,9H2,(H,23,24)/b15-7-. The zero-order valence-electron chi connectivity index (χ0n) is 14.4. The van der Waals surface area contributed by atoms with Gasteiger partial charge in [-0.2, -0.15) is 0 Å². The van der Waals surface area contributed by atoms with Crippen molar-refractivity contribution in [3.8, 4) is 5.75 Å². The number of carboxylic acid groups (broad SMARTS) is 1. The molecule has 10 heteroatoms. The second-order valence-electron chi connectivity index (χ2n) is 5.74. The number of benzene rings is 2. The highest BCUT2D eigenvalue weighted by molar-refractivity contribution is 8.26. The van der Waals surface area contributed by atoms with E-state index in [1.54, 1.807) is 30.3 Å². The molecule has 0 unspecified atom stereocenters. The fourth-order valence-electron chi connectivity index (χ4n) is 2.37. The summed E-state index contributed by atoms with van der Waals surface area (Å²) in [5.74, 6) is -1.95. The molecular formula is C19H11Cl2NO5S2. The summed E-state index contributed by atoms with van der Waals surface area (Å²) in [6.07, 6.45) is 1.59. The van der Waals surface area contributed by atoms with Crippen LogP contribution in [0.2, 0.25) is 10.0 Å². The topological polar surface area (TPSA) is 83.9 Å². The number of amides is 1. The van der Waals surface area contributed by atoms with Gasteiger partial charge in [-0.3, -0.25) is 14.5 Å². The van der Waals surface area contributed by atoms with E-state index < -0.39 is 24.4 Å². The van der Waals surface area contributed by atoms with Crippen LogP contribution in [-0.2, 0) is 9.59 Å². The summed E-state index contributed by atoms with van der Waals surface area (Å²) < 4.78 is 5.48. The molecule has 0 atom stereocenters. The molecule has 6 nitrogen and oxygen atoms in total. The van der Waals surface area contributed by atoms with Gasteiger partial charge in [0.2, 0.25) is 0 Å². The van der Waals surface area contributed by atoms with Crippen molar-refractivity contribution >= 4 is 75.4 Å². The average Bonchev–Trinajstić information content (AvgIpc) is 2.90. The van der Waals surface area contributed by atoms with Crippen molar-refractivity contribution in [3.63, 3.8) is 0 Å². The van der Waals surface area contributed by atoms with Crippen LogP contribution in [0.3, 0.4) is 0 Å². The van der Waals surface area contributed by atoms with Gasteiger partial charge in [-0.25, -0.2) is 4.79 Å². The molecule has 1 aliphatic heterocycles. The highest BCUT2D eigenvalue weighted by atomic mass is 35.5. The largest absolute Gasteiger partial charge is 0.480 e. The second kappa shape index (κ2) is 8.96. The first-order valence-corrected chi connectivity index (χ1v) is 9.97. The molecule has 0 radical (unpaired) electrons. The monoisotopic (exact) mass is 467 g/mol. The van der Waals surface area contributed by atoms with Crippen LogP contribution in [0, 0.1) is 0 Å². The molecule has 0 aliphatic carbocycles. The van der Waals surface area contributed by atoms with Crippen LogP contribution in [0.4, 0.5) is 0 Å². The number of carbonyl (C=O) groups is 3. The number of thioether (sulfide) groups is 1. The lowest BCUT2D eigenvalue weighted by atomic mass is 10.2. The second-order valence-corrected chi connectivity index (χ2v) is 8.26. The summed E-state index contributed by atoms with van der Waals surface area (Å²) in [5.41, 5.74) is 0.840. The molecule has 1 N–H and O–H groups in total. The molecule has 0 aromatic heterocycles. The maximum atomic E-state index is 12.3. The molecule has 0 saturated carbocycles. The Balaban J connectivity index is 1.71. The van der Waals surface area contributed by atoms with Crippen LogP contribution in [-0.4, -0.2) is 38.7 Å². The maximum Gasteiger partial charge on any atom is 0.345 e. The summed E-state index contributed by atoms with van der Waals surface area (Å²) in [4.78, 5) is 36.7. The molecular weight excluding hydrogens is 457 g/mol. The molecule has 29 heavy (non-hydrogen) atoms. The van der Waals surface area contributed by atoms with E-state index in [1.807, 2.05) is 0 Å². The Morgan fingerprint density at radius 2 is 1.86 bits per heavy atom. The van der Waals surface area contributed by atoms with Crippen LogP contribution in [0.5, 0.6) is 5.75 Å². The minimum Gasteiger partial charge on any atom is -0.480 e. The van der Waals surface area contributed by atoms with Crippen molar-refractivity contribution < 1.29 is 24.2 Å². The van der Waals surface area contributed by atoms with Crippen LogP contribution in [0.25, 0.3) is 6.08 Å². The van der Waals surface area contributed by atoms with Crippen LogP contribution >= 0.6 is 47.2 Å². The molecule has 3 rings (SSSR count). The quantitative estimate of drug-likeness (QED) is 0.300. The molecule has 2 aromatic rings. The van der Waals surface area contributed by atoms with E-state index in [1.165, 1.54) is 18.2 Å². The molecule has 1 fully saturated rings. The van der Waals surface area contributed by atoms with Gasteiger partial charge in [-0.15, -0.1) is 0 Å². The number of aliphatic carboxylic acids is 1. The number of nitrogens with zero attached hydrogens (tertiary/aromatic N) is 1. The van der Waals surface area contributed by atoms with Crippen LogP contribution in [0.1, 0.15) is 15.9 Å². The predicted octanol–water partition coefficient (Wildman–Crippen LogP) is 4.50. The van der Waals surface area contributed by atoms with Crippen molar-refractivity contribution in [2.45, 2.75) is 0 Å². The van der Waals surface area contributed by atoms with Gasteiger partial charge in [-0.1, -0.05) is 59.3 Å². The molecule has 1 aliphatic rings. The van der Waals surface area contributed by atoms with E-state index in [0.29, 0.717) is 15.5 Å². The number of thiocarbonyl (C=S) groups is 1. The molecule has 1 saturated heterocycles. The number of ether oxygens (including phenoxy) is 1. The number of hydrogen-bond acceptors (Lipinski definition) is 6. The van der Waals surface area contributed by atoms with Gasteiger partial charge >= 0.3 is 11.9 Å². The lowest BCUT2D eigenvalue weighted by molar-refractivity contribution is -0.140. The van der Waals surface area contributed by atoms with Gasteiger partial charge in [0, 0.05) is 5.02 Å². The Hall–Kier alpha value is -2.39. The van der Waals surface area contributed by atoms with Gasteiger partial charge in [0.1, 0.15) is 16.6 Å². The fraction of sp³-hybridized carbons (Fsp3) is 0.0526. The van der Waals surface area contributed by atoms with E-state index in [9.17, 15) is 14.4 Å². The Morgan fingerprint density at radius 1 is 1.17 bits per heavy atom. The molecule has 1 amide bonds. The minimum absolute atomic E-state index is 0.183. The van der Waals surface area contributed by atoms with Crippen molar-refractivity contribution in [2.24, 2.45) is 0 Å². The van der Waals surface area contributed by atoms with E-state index in [4.69, 9.17) is 45.3 Å². The van der Waals surface area contributed by atoms with Crippen molar-refractivity contribution in [1.29, 1.82) is 0 Å². The van der Waals surface area contributed by atoms with Crippen LogP contribution in [0.15, 0.2) is 47.4 Å². The summed E-state index contributed by atoms with van der Waals surface area (Å²) in [6.45, 7) is -0.482. The molecule has 1 heterocycles. The zero-order chi connectivity index (χ0) is 21.1. The normalized spacial score (nSPS) is 15.1. The van der Waals surface area contributed by atoms with E-state index >= 15 is 0 Å². The first-order chi connectivity index (χ1) is 13.7. The Kier molecular flexibility index (Phi) is 6.59. The minimum atomic E-state index is -1.14. The lowest BCUT2D eigenvalue weighted by Gasteiger charge is -2.10. The summed E-state index contributed by atoms with van der Waals surface area (Å²) in [6, 6.07) is 10.9. The number of carboxylic acids is 1. The van der Waals surface area contributed by atoms with Gasteiger partial charge in [-0.05, 0) is 42.0 Å². The average molecular weight is 468 g/mol. The van der Waals surface area contributed by atoms with E-state index in [0.717, 1.165) is 16.7 Å². The van der Waals surface area contributed by atoms with E-state index in [2.05, 4.69) is 0 Å². The fourth-order valence-corrected chi connectivity index (χ4v) is 4.11. The first-order valence-electron chi connectivity index (χ1n) is 7.99. The Labute approximate surface area is 185 Å². The van der Waals surface area contributed by atoms with E-state index in [-0.39, 0.29) is 20.7 Å². The number of carbonyl (C=O) groups excluding carboxylic acids is 2. The number of esters is 1. The molecule has 0 bridgehead atoms. The summed E-state index contributed by atoms with van der Waals surface area (Å²) in [7, 11) is 0. The third-order valence-corrected chi connectivity index (χ3v) is 5.63. The first kappa shape index (κ1) is 21.3. The summed E-state index contributed by atoms with van der Waals surface area (Å²) >= 11 is 17.9. The SMILES string of the molecule is O=C(O)CN1C(=O)/C(=C/c2ccc(OC(=O)c3ccc(Cl)cc3Cl)cc2)SC1=S. The number of rotatable bonds is 5. The smallest absolute Gasteiger partial charge is 0.345 e.